The molecule has 3 heteroatoms. The Labute approximate surface area is 128 Å². The summed E-state index contributed by atoms with van der Waals surface area (Å²) in [4.78, 5) is 0. The Morgan fingerprint density at radius 3 is 2.14 bits per heavy atom. The number of aromatic nitrogens is 2. The molecule has 21 heavy (non-hydrogen) atoms. The van der Waals surface area contributed by atoms with Crippen LogP contribution >= 0.6 is 0 Å². The van der Waals surface area contributed by atoms with Gasteiger partial charge in [0.05, 0.1) is 6.20 Å². The van der Waals surface area contributed by atoms with Crippen molar-refractivity contribution in [2.24, 2.45) is 13.0 Å². The van der Waals surface area contributed by atoms with Crippen LogP contribution in [0.1, 0.15) is 56.5 Å². The van der Waals surface area contributed by atoms with Crippen LogP contribution in [0.4, 0.5) is 0 Å². The number of benzene rings is 1. The molecule has 1 N–H and O–H groups in total. The molecule has 0 saturated heterocycles. The minimum atomic E-state index is 0.295. The molecule has 0 aliphatic rings. The second kappa shape index (κ2) is 6.90. The highest BCUT2D eigenvalue weighted by Gasteiger charge is 2.12. The van der Waals surface area contributed by atoms with Crippen LogP contribution in [-0.2, 0) is 13.5 Å². The molecule has 114 valence electrons. The predicted molar refractivity (Wildman–Crippen MR) is 88.2 cm³/mol. The van der Waals surface area contributed by atoms with E-state index in [1.54, 1.807) is 0 Å². The fraction of sp³-hybridized carbons (Fsp3) is 0.500. The van der Waals surface area contributed by atoms with Crippen LogP contribution in [-0.4, -0.2) is 9.78 Å². The molecule has 2 unspecified atom stereocenters. The predicted octanol–water partition coefficient (Wildman–Crippen LogP) is 4.03. The first-order chi connectivity index (χ1) is 9.95. The molecule has 0 amide bonds. The van der Waals surface area contributed by atoms with Gasteiger partial charge in [-0.05, 0) is 37.3 Å². The molecule has 2 aromatic rings. The van der Waals surface area contributed by atoms with Crippen molar-refractivity contribution in [2.75, 3.05) is 0 Å². The Morgan fingerprint density at radius 2 is 1.62 bits per heavy atom. The Hall–Kier alpha value is -1.61. The van der Waals surface area contributed by atoms with Gasteiger partial charge in [-0.1, -0.05) is 38.1 Å². The lowest BCUT2D eigenvalue weighted by atomic mass is 9.99. The van der Waals surface area contributed by atoms with Crippen molar-refractivity contribution < 1.29 is 0 Å². The molecule has 0 fully saturated rings. The molecule has 3 nitrogen and oxygen atoms in total. The van der Waals surface area contributed by atoms with Gasteiger partial charge in [-0.3, -0.25) is 4.68 Å². The van der Waals surface area contributed by atoms with Crippen LogP contribution in [0, 0.1) is 5.92 Å². The van der Waals surface area contributed by atoms with Gasteiger partial charge in [0.2, 0.25) is 0 Å². The first-order valence-electron chi connectivity index (χ1n) is 7.79. The minimum absolute atomic E-state index is 0.295. The summed E-state index contributed by atoms with van der Waals surface area (Å²) in [5, 5.41) is 7.87. The van der Waals surface area contributed by atoms with Gasteiger partial charge in [0.25, 0.3) is 0 Å². The summed E-state index contributed by atoms with van der Waals surface area (Å²) in [6, 6.07) is 9.61. The highest BCUT2D eigenvalue weighted by molar-refractivity contribution is 5.25. The Morgan fingerprint density at radius 1 is 1.00 bits per heavy atom. The summed E-state index contributed by atoms with van der Waals surface area (Å²) < 4.78 is 1.85. The van der Waals surface area contributed by atoms with E-state index in [0.29, 0.717) is 18.0 Å². The average molecular weight is 285 g/mol. The lowest BCUT2D eigenvalue weighted by Gasteiger charge is -2.20. The van der Waals surface area contributed by atoms with E-state index in [-0.39, 0.29) is 0 Å². The van der Waals surface area contributed by atoms with Gasteiger partial charge in [-0.15, -0.1) is 0 Å². The SMILES string of the molecule is CC(C)Cc1ccc(C(C)NC(C)c2cnn(C)c2)cc1. The summed E-state index contributed by atoms with van der Waals surface area (Å²) in [6.45, 7) is 8.91. The van der Waals surface area contributed by atoms with Crippen molar-refractivity contribution in [3.8, 4) is 0 Å². The van der Waals surface area contributed by atoms with E-state index in [1.807, 2.05) is 17.9 Å². The molecule has 1 aromatic carbocycles. The fourth-order valence-corrected chi connectivity index (χ4v) is 2.64. The topological polar surface area (TPSA) is 29.9 Å². The molecule has 2 rings (SSSR count). The maximum absolute atomic E-state index is 4.23. The Kier molecular flexibility index (Phi) is 5.18. The van der Waals surface area contributed by atoms with E-state index in [9.17, 15) is 0 Å². The molecule has 0 aliphatic carbocycles. The quantitative estimate of drug-likeness (QED) is 0.868. The smallest absolute Gasteiger partial charge is 0.0537 e. The van der Waals surface area contributed by atoms with Crippen molar-refractivity contribution >= 4 is 0 Å². The molecule has 1 aromatic heterocycles. The van der Waals surface area contributed by atoms with Crippen molar-refractivity contribution in [2.45, 2.75) is 46.2 Å². The third kappa shape index (κ3) is 4.43. The maximum Gasteiger partial charge on any atom is 0.0537 e. The fourth-order valence-electron chi connectivity index (χ4n) is 2.64. The van der Waals surface area contributed by atoms with E-state index in [4.69, 9.17) is 0 Å². The summed E-state index contributed by atoms with van der Waals surface area (Å²) >= 11 is 0. The molecular formula is C18H27N3. The molecule has 0 aliphatic heterocycles. The molecule has 0 saturated carbocycles. The highest BCUT2D eigenvalue weighted by Crippen LogP contribution is 2.20. The normalized spacial score (nSPS) is 14.4. The summed E-state index contributed by atoms with van der Waals surface area (Å²) in [7, 11) is 1.95. The van der Waals surface area contributed by atoms with E-state index in [2.05, 4.69) is 68.6 Å². The van der Waals surface area contributed by atoms with Crippen LogP contribution < -0.4 is 5.32 Å². The van der Waals surface area contributed by atoms with Crippen LogP contribution in [0.15, 0.2) is 36.7 Å². The molecule has 1 heterocycles. The summed E-state index contributed by atoms with van der Waals surface area (Å²) in [5.41, 5.74) is 3.97. The van der Waals surface area contributed by atoms with Gasteiger partial charge in [0.1, 0.15) is 0 Å². The van der Waals surface area contributed by atoms with Crippen LogP contribution in [0.5, 0.6) is 0 Å². The molecule has 0 spiro atoms. The lowest BCUT2D eigenvalue weighted by molar-refractivity contribution is 0.494. The maximum atomic E-state index is 4.23. The van der Waals surface area contributed by atoms with Gasteiger partial charge in [0.15, 0.2) is 0 Å². The van der Waals surface area contributed by atoms with E-state index in [1.165, 1.54) is 16.7 Å². The second-order valence-electron chi connectivity index (χ2n) is 6.40. The van der Waals surface area contributed by atoms with Gasteiger partial charge in [-0.25, -0.2) is 0 Å². The minimum Gasteiger partial charge on any atom is -0.304 e. The number of aryl methyl sites for hydroxylation is 1. The zero-order chi connectivity index (χ0) is 15.4. The standard InChI is InChI=1S/C18H27N3/c1-13(2)10-16-6-8-17(9-7-16)14(3)20-15(4)18-11-19-21(5)12-18/h6-9,11-15,20H,10H2,1-5H3. The zero-order valence-electron chi connectivity index (χ0n) is 13.8. The molecular weight excluding hydrogens is 258 g/mol. The lowest BCUT2D eigenvalue weighted by Crippen LogP contribution is -2.22. The highest BCUT2D eigenvalue weighted by atomic mass is 15.2. The zero-order valence-corrected chi connectivity index (χ0v) is 13.8. The van der Waals surface area contributed by atoms with Gasteiger partial charge in [0, 0.05) is 30.9 Å². The molecule has 2 atom stereocenters. The van der Waals surface area contributed by atoms with Gasteiger partial charge < -0.3 is 5.32 Å². The number of hydrogen-bond donors (Lipinski definition) is 1. The number of nitrogens with zero attached hydrogens (tertiary/aromatic N) is 2. The largest absolute Gasteiger partial charge is 0.304 e. The average Bonchev–Trinajstić information content (AvgIpc) is 2.85. The van der Waals surface area contributed by atoms with E-state index in [0.717, 1.165) is 6.42 Å². The van der Waals surface area contributed by atoms with Crippen LogP contribution in [0.25, 0.3) is 0 Å². The monoisotopic (exact) mass is 285 g/mol. The van der Waals surface area contributed by atoms with E-state index >= 15 is 0 Å². The Balaban J connectivity index is 1.98. The third-order valence-electron chi connectivity index (χ3n) is 3.85. The van der Waals surface area contributed by atoms with Crippen molar-refractivity contribution in [1.82, 2.24) is 15.1 Å². The molecule has 0 bridgehead atoms. The van der Waals surface area contributed by atoms with Crippen molar-refractivity contribution in [3.63, 3.8) is 0 Å². The Bertz CT molecular complexity index is 554. The second-order valence-corrected chi connectivity index (χ2v) is 6.40. The van der Waals surface area contributed by atoms with Crippen molar-refractivity contribution in [3.05, 3.63) is 53.3 Å². The van der Waals surface area contributed by atoms with Crippen molar-refractivity contribution in [1.29, 1.82) is 0 Å². The first kappa shape index (κ1) is 15.8. The number of nitrogens with one attached hydrogen (secondary N) is 1. The first-order valence-corrected chi connectivity index (χ1v) is 7.79. The summed E-state index contributed by atoms with van der Waals surface area (Å²) in [5.74, 6) is 0.706. The number of hydrogen-bond acceptors (Lipinski definition) is 2. The third-order valence-corrected chi connectivity index (χ3v) is 3.85. The number of rotatable bonds is 6. The van der Waals surface area contributed by atoms with Gasteiger partial charge in [-0.2, -0.15) is 5.10 Å². The molecule has 0 radical (unpaired) electrons. The van der Waals surface area contributed by atoms with Gasteiger partial charge >= 0.3 is 0 Å². The van der Waals surface area contributed by atoms with Crippen LogP contribution in [0.2, 0.25) is 0 Å². The van der Waals surface area contributed by atoms with E-state index < -0.39 is 0 Å². The summed E-state index contributed by atoms with van der Waals surface area (Å²) in [6.07, 6.45) is 5.14. The van der Waals surface area contributed by atoms with Crippen LogP contribution in [0.3, 0.4) is 0 Å².